The minimum absolute atomic E-state index is 0.0802. The molecule has 1 N–H and O–H groups in total. The van der Waals surface area contributed by atoms with E-state index in [2.05, 4.69) is 44.3 Å². The Balaban J connectivity index is 1.70. The van der Waals surface area contributed by atoms with Crippen molar-refractivity contribution in [1.29, 1.82) is 0 Å². The van der Waals surface area contributed by atoms with Crippen LogP contribution in [0.1, 0.15) is 18.0 Å². The average Bonchev–Trinajstić information content (AvgIpc) is 3.33. The molecule has 0 fully saturated rings. The molecule has 6 heteroatoms. The molecule has 2 heterocycles. The molecule has 0 spiro atoms. The highest BCUT2D eigenvalue weighted by Crippen LogP contribution is 2.30. The molecule has 2 aromatic carbocycles. The molecule has 0 aliphatic carbocycles. The molecule has 4 rings (SSSR count). The van der Waals surface area contributed by atoms with Crippen LogP contribution in [0.4, 0.5) is 5.13 Å². The lowest BCUT2D eigenvalue weighted by Gasteiger charge is -2.21. The normalized spacial score (nSPS) is 12.2. The second-order valence-electron chi connectivity index (χ2n) is 5.71. The van der Waals surface area contributed by atoms with Gasteiger partial charge in [-0.3, -0.25) is 4.79 Å². The van der Waals surface area contributed by atoms with Gasteiger partial charge < -0.3 is 9.88 Å². The lowest BCUT2D eigenvalue weighted by molar-refractivity contribution is -0.116. The predicted molar refractivity (Wildman–Crippen MR) is 99.7 cm³/mol. The summed E-state index contributed by atoms with van der Waals surface area (Å²) in [4.78, 5) is 12.5. The van der Waals surface area contributed by atoms with Gasteiger partial charge in [-0.2, -0.15) is 0 Å². The quantitative estimate of drug-likeness (QED) is 0.590. The van der Waals surface area contributed by atoms with Gasteiger partial charge in [0.1, 0.15) is 5.51 Å². The molecule has 25 heavy (non-hydrogen) atoms. The van der Waals surface area contributed by atoms with Crippen LogP contribution in [0, 0.1) is 0 Å². The van der Waals surface area contributed by atoms with Gasteiger partial charge in [0.25, 0.3) is 0 Å². The smallest absolute Gasteiger partial charge is 0.228 e. The fraction of sp³-hybridized carbons (Fsp3) is 0.105. The van der Waals surface area contributed by atoms with E-state index in [1.807, 2.05) is 42.7 Å². The summed E-state index contributed by atoms with van der Waals surface area (Å²) >= 11 is 1.31. The van der Waals surface area contributed by atoms with Crippen LogP contribution < -0.4 is 5.32 Å². The third-order valence-electron chi connectivity index (χ3n) is 4.15. The van der Waals surface area contributed by atoms with Crippen LogP contribution in [0.3, 0.4) is 0 Å². The maximum atomic E-state index is 12.5. The Bertz CT molecular complexity index is 975. The molecule has 1 unspecified atom stereocenters. The molecule has 0 bridgehead atoms. The number of fused-ring (bicyclic) bond motifs is 1. The molecule has 1 atom stereocenters. The first-order valence-corrected chi connectivity index (χ1v) is 8.85. The summed E-state index contributed by atoms with van der Waals surface area (Å²) in [6.07, 6.45) is 4.30. The van der Waals surface area contributed by atoms with E-state index in [0.717, 1.165) is 10.9 Å². The predicted octanol–water partition coefficient (Wildman–Crippen LogP) is 4.11. The van der Waals surface area contributed by atoms with Gasteiger partial charge in [0.2, 0.25) is 11.0 Å². The summed E-state index contributed by atoms with van der Waals surface area (Å²) in [7, 11) is 0. The Morgan fingerprint density at radius 1 is 1.08 bits per heavy atom. The molecule has 1 amide bonds. The van der Waals surface area contributed by atoms with Gasteiger partial charge in [0.05, 0.1) is 12.5 Å². The second-order valence-corrected chi connectivity index (χ2v) is 6.54. The van der Waals surface area contributed by atoms with Crippen molar-refractivity contribution in [2.45, 2.75) is 12.5 Å². The summed E-state index contributed by atoms with van der Waals surface area (Å²) in [6.45, 7) is 0. The summed E-state index contributed by atoms with van der Waals surface area (Å²) < 4.78 is 2.07. The number of aromatic nitrogens is 3. The largest absolute Gasteiger partial charge is 0.346 e. The first kappa shape index (κ1) is 15.5. The van der Waals surface area contributed by atoms with Crippen molar-refractivity contribution in [2.24, 2.45) is 0 Å². The number of amides is 1. The number of nitrogens with one attached hydrogen (secondary N) is 1. The Morgan fingerprint density at radius 2 is 1.88 bits per heavy atom. The molecular formula is C19H16N4OS. The van der Waals surface area contributed by atoms with Gasteiger partial charge in [-0.25, -0.2) is 0 Å². The van der Waals surface area contributed by atoms with Gasteiger partial charge in [-0.1, -0.05) is 53.8 Å². The van der Waals surface area contributed by atoms with E-state index < -0.39 is 0 Å². The molecule has 2 aromatic heterocycles. The third-order valence-corrected chi connectivity index (χ3v) is 4.76. The minimum Gasteiger partial charge on any atom is -0.346 e. The van der Waals surface area contributed by atoms with Crippen LogP contribution >= 0.6 is 11.3 Å². The summed E-state index contributed by atoms with van der Waals surface area (Å²) in [6, 6.07) is 18.3. The van der Waals surface area contributed by atoms with Gasteiger partial charge >= 0.3 is 0 Å². The van der Waals surface area contributed by atoms with E-state index in [-0.39, 0.29) is 11.9 Å². The zero-order valence-corrected chi connectivity index (χ0v) is 14.2. The highest BCUT2D eigenvalue weighted by molar-refractivity contribution is 7.13. The van der Waals surface area contributed by atoms with E-state index in [1.165, 1.54) is 16.7 Å². The van der Waals surface area contributed by atoms with Crippen LogP contribution in [0.5, 0.6) is 0 Å². The van der Waals surface area contributed by atoms with Crippen LogP contribution in [0.15, 0.2) is 72.5 Å². The van der Waals surface area contributed by atoms with E-state index in [1.54, 1.807) is 5.51 Å². The summed E-state index contributed by atoms with van der Waals surface area (Å²) in [5, 5.41) is 13.3. The number of rotatable bonds is 5. The standard InChI is InChI=1S/C19H16N4OS/c24-18(21-19-22-20-13-25-19)12-17(23-10-3-4-11-23)16-9-5-7-14-6-1-2-8-15(14)16/h1-11,13,17H,12H2,(H,21,22,24). The minimum atomic E-state index is -0.0889. The van der Waals surface area contributed by atoms with Crippen LogP contribution in [-0.4, -0.2) is 20.7 Å². The lowest BCUT2D eigenvalue weighted by atomic mass is 9.96. The number of nitrogens with zero attached hydrogens (tertiary/aromatic N) is 3. The number of benzene rings is 2. The number of anilines is 1. The summed E-state index contributed by atoms with van der Waals surface area (Å²) in [5.41, 5.74) is 2.73. The number of carbonyl (C=O) groups is 1. The van der Waals surface area contributed by atoms with E-state index in [4.69, 9.17) is 0 Å². The summed E-state index contributed by atoms with van der Waals surface area (Å²) in [5.74, 6) is -0.0802. The van der Waals surface area contributed by atoms with E-state index >= 15 is 0 Å². The van der Waals surface area contributed by atoms with Gasteiger partial charge in [0, 0.05) is 12.4 Å². The van der Waals surface area contributed by atoms with Crippen LogP contribution in [0.2, 0.25) is 0 Å². The van der Waals surface area contributed by atoms with E-state index in [9.17, 15) is 4.79 Å². The number of hydrogen-bond donors (Lipinski definition) is 1. The Labute approximate surface area is 149 Å². The van der Waals surface area contributed by atoms with Gasteiger partial charge in [0.15, 0.2) is 0 Å². The molecule has 0 saturated carbocycles. The number of carbonyl (C=O) groups excluding carboxylic acids is 1. The van der Waals surface area contributed by atoms with Crippen molar-refractivity contribution in [3.05, 3.63) is 78.1 Å². The first-order valence-electron chi connectivity index (χ1n) is 7.97. The monoisotopic (exact) mass is 348 g/mol. The highest BCUT2D eigenvalue weighted by Gasteiger charge is 2.20. The first-order chi connectivity index (χ1) is 12.3. The Kier molecular flexibility index (Phi) is 4.26. The van der Waals surface area contributed by atoms with Crippen LogP contribution in [0.25, 0.3) is 10.8 Å². The van der Waals surface area contributed by atoms with Crippen molar-refractivity contribution < 1.29 is 4.79 Å². The molecule has 0 aliphatic rings. The zero-order chi connectivity index (χ0) is 17.1. The van der Waals surface area contributed by atoms with E-state index in [0.29, 0.717) is 11.6 Å². The van der Waals surface area contributed by atoms with Crippen molar-refractivity contribution in [1.82, 2.24) is 14.8 Å². The third kappa shape index (κ3) is 3.29. The molecule has 5 nitrogen and oxygen atoms in total. The van der Waals surface area contributed by atoms with Crippen molar-refractivity contribution in [2.75, 3.05) is 5.32 Å². The highest BCUT2D eigenvalue weighted by atomic mass is 32.1. The second kappa shape index (κ2) is 6.86. The van der Waals surface area contributed by atoms with Gasteiger partial charge in [-0.05, 0) is 28.5 Å². The molecule has 0 radical (unpaired) electrons. The molecule has 124 valence electrons. The van der Waals surface area contributed by atoms with Crippen molar-refractivity contribution >= 4 is 33.1 Å². The molecule has 0 saturated heterocycles. The van der Waals surface area contributed by atoms with Crippen molar-refractivity contribution in [3.8, 4) is 0 Å². The maximum Gasteiger partial charge on any atom is 0.228 e. The topological polar surface area (TPSA) is 59.8 Å². The Morgan fingerprint density at radius 3 is 2.68 bits per heavy atom. The molecular weight excluding hydrogens is 332 g/mol. The fourth-order valence-electron chi connectivity index (χ4n) is 3.05. The lowest BCUT2D eigenvalue weighted by Crippen LogP contribution is -2.19. The van der Waals surface area contributed by atoms with Crippen molar-refractivity contribution in [3.63, 3.8) is 0 Å². The zero-order valence-electron chi connectivity index (χ0n) is 13.4. The van der Waals surface area contributed by atoms with Gasteiger partial charge in [-0.15, -0.1) is 10.2 Å². The average molecular weight is 348 g/mol. The molecule has 0 aliphatic heterocycles. The fourth-order valence-corrected chi connectivity index (χ4v) is 3.51. The maximum absolute atomic E-state index is 12.5. The number of hydrogen-bond acceptors (Lipinski definition) is 4. The Hall–Kier alpha value is -2.99. The van der Waals surface area contributed by atoms with Crippen LogP contribution in [-0.2, 0) is 4.79 Å². The molecule has 4 aromatic rings. The SMILES string of the molecule is O=C(CC(c1cccc2ccccc12)n1cccc1)Nc1nncs1.